The maximum atomic E-state index is 5.90. The summed E-state index contributed by atoms with van der Waals surface area (Å²) >= 11 is 1.71. The highest BCUT2D eigenvalue weighted by molar-refractivity contribution is 8.16. The summed E-state index contributed by atoms with van der Waals surface area (Å²) < 4.78 is 11.7. The van der Waals surface area contributed by atoms with Crippen LogP contribution in [0.25, 0.3) is 11.8 Å². The molecular formula is C31H26N2O2S. The van der Waals surface area contributed by atoms with Gasteiger partial charge in [-0.15, -0.1) is 0 Å². The van der Waals surface area contributed by atoms with Gasteiger partial charge in [0.2, 0.25) is 0 Å². The van der Waals surface area contributed by atoms with Gasteiger partial charge in [0.25, 0.3) is 0 Å². The summed E-state index contributed by atoms with van der Waals surface area (Å²) in [6.07, 6.45) is 5.56. The molecule has 0 aromatic heterocycles. The van der Waals surface area contributed by atoms with Crippen molar-refractivity contribution in [3.8, 4) is 11.5 Å². The number of fused-ring (bicyclic) bond motifs is 2. The predicted octanol–water partition coefficient (Wildman–Crippen LogP) is 7.44. The van der Waals surface area contributed by atoms with Gasteiger partial charge in [0.1, 0.15) is 13.2 Å². The van der Waals surface area contributed by atoms with E-state index in [1.807, 2.05) is 6.07 Å². The Bertz CT molecular complexity index is 1440. The van der Waals surface area contributed by atoms with E-state index < -0.39 is 0 Å². The highest BCUT2D eigenvalue weighted by Gasteiger charge is 2.40. The monoisotopic (exact) mass is 490 g/mol. The summed E-state index contributed by atoms with van der Waals surface area (Å²) in [5, 5.41) is 3.27. The first kappa shape index (κ1) is 21.6. The van der Waals surface area contributed by atoms with Crippen LogP contribution in [0.3, 0.4) is 0 Å². The van der Waals surface area contributed by atoms with Crippen LogP contribution in [0.2, 0.25) is 0 Å². The fourth-order valence-electron chi connectivity index (χ4n) is 5.51. The lowest BCUT2D eigenvalue weighted by molar-refractivity contribution is 0.171. The fraction of sp³-hybridized carbons (Fsp3) is 0.194. The van der Waals surface area contributed by atoms with Crippen molar-refractivity contribution in [2.45, 2.75) is 25.3 Å². The number of allylic oxidation sites excluding steroid dienone is 1. The maximum Gasteiger partial charge on any atom is 0.174 e. The third-order valence-corrected chi connectivity index (χ3v) is 7.97. The lowest BCUT2D eigenvalue weighted by Gasteiger charge is -2.40. The molecule has 1 unspecified atom stereocenters. The largest absolute Gasteiger partial charge is 0.486 e. The van der Waals surface area contributed by atoms with Crippen LogP contribution in [-0.2, 0) is 0 Å². The maximum absolute atomic E-state index is 5.90. The molecule has 7 rings (SSSR count). The lowest BCUT2D eigenvalue weighted by Crippen LogP contribution is -2.34. The number of benzene rings is 3. The van der Waals surface area contributed by atoms with Gasteiger partial charge < -0.3 is 14.4 Å². The number of hydrogen-bond donors (Lipinski definition) is 0. The van der Waals surface area contributed by atoms with Crippen LogP contribution in [0.5, 0.6) is 11.5 Å². The Labute approximate surface area is 215 Å². The number of ether oxygens (including phenoxy) is 2. The van der Waals surface area contributed by atoms with Crippen LogP contribution >= 0.6 is 11.8 Å². The molecule has 0 amide bonds. The molecule has 0 radical (unpaired) electrons. The van der Waals surface area contributed by atoms with Gasteiger partial charge in [-0.2, -0.15) is 0 Å². The first-order valence-electron chi connectivity index (χ1n) is 12.5. The van der Waals surface area contributed by atoms with E-state index in [4.69, 9.17) is 14.5 Å². The summed E-state index contributed by atoms with van der Waals surface area (Å²) in [6.45, 7) is 1.18. The molecule has 3 heterocycles. The minimum atomic E-state index is 0.114. The molecule has 36 heavy (non-hydrogen) atoms. The van der Waals surface area contributed by atoms with Crippen LogP contribution in [0.1, 0.15) is 42.0 Å². The molecule has 3 aromatic rings. The number of aliphatic imine (C=N–C) groups is 1. The van der Waals surface area contributed by atoms with Crippen LogP contribution in [0, 0.1) is 0 Å². The van der Waals surface area contributed by atoms with E-state index in [2.05, 4.69) is 89.2 Å². The van der Waals surface area contributed by atoms with Crippen molar-refractivity contribution in [2.75, 3.05) is 13.2 Å². The highest BCUT2D eigenvalue weighted by atomic mass is 32.2. The Hall–Kier alpha value is -3.70. The summed E-state index contributed by atoms with van der Waals surface area (Å²) in [5.41, 5.74) is 8.73. The molecule has 178 valence electrons. The number of amidine groups is 1. The normalized spacial score (nSPS) is 21.6. The summed E-state index contributed by atoms with van der Waals surface area (Å²) in [5.74, 6) is 1.63. The van der Waals surface area contributed by atoms with E-state index in [0.29, 0.717) is 13.2 Å². The summed E-state index contributed by atoms with van der Waals surface area (Å²) in [7, 11) is 0. The van der Waals surface area contributed by atoms with E-state index in [9.17, 15) is 0 Å². The molecule has 0 saturated heterocycles. The fourth-order valence-corrected chi connectivity index (χ4v) is 6.44. The molecule has 3 aliphatic heterocycles. The van der Waals surface area contributed by atoms with Crippen molar-refractivity contribution in [1.29, 1.82) is 0 Å². The number of rotatable bonds is 3. The first-order valence-corrected chi connectivity index (χ1v) is 13.4. The predicted molar refractivity (Wildman–Crippen MR) is 147 cm³/mol. The number of nitrogens with zero attached hydrogens (tertiary/aromatic N) is 2. The van der Waals surface area contributed by atoms with Gasteiger partial charge in [0.15, 0.2) is 16.7 Å². The smallest absolute Gasteiger partial charge is 0.174 e. The van der Waals surface area contributed by atoms with Crippen molar-refractivity contribution in [1.82, 2.24) is 4.90 Å². The van der Waals surface area contributed by atoms with E-state index in [-0.39, 0.29) is 6.04 Å². The number of thioether (sulfide) groups is 1. The summed E-state index contributed by atoms with van der Waals surface area (Å²) in [4.78, 5) is 7.72. The molecule has 4 nitrogen and oxygen atoms in total. The second-order valence-electron chi connectivity index (χ2n) is 9.36. The number of hydrogen-bond acceptors (Lipinski definition) is 5. The van der Waals surface area contributed by atoms with Crippen LogP contribution < -0.4 is 9.47 Å². The first-order chi connectivity index (χ1) is 17.8. The van der Waals surface area contributed by atoms with Crippen molar-refractivity contribution >= 4 is 28.7 Å². The van der Waals surface area contributed by atoms with E-state index in [1.165, 1.54) is 28.0 Å². The van der Waals surface area contributed by atoms with Crippen LogP contribution in [-0.4, -0.2) is 23.3 Å². The Kier molecular flexibility index (Phi) is 5.43. The average Bonchev–Trinajstić information content (AvgIpc) is 3.36. The van der Waals surface area contributed by atoms with Crippen molar-refractivity contribution in [3.05, 3.63) is 118 Å². The highest BCUT2D eigenvalue weighted by Crippen LogP contribution is 2.51. The Balaban J connectivity index is 1.34. The Morgan fingerprint density at radius 1 is 0.861 bits per heavy atom. The van der Waals surface area contributed by atoms with Crippen molar-refractivity contribution < 1.29 is 9.47 Å². The minimum Gasteiger partial charge on any atom is -0.486 e. The van der Waals surface area contributed by atoms with Crippen molar-refractivity contribution in [3.63, 3.8) is 0 Å². The molecule has 5 heteroatoms. The van der Waals surface area contributed by atoms with E-state index >= 15 is 0 Å². The molecule has 1 aliphatic carbocycles. The topological polar surface area (TPSA) is 34.1 Å². The molecule has 0 fully saturated rings. The molecule has 3 aromatic carbocycles. The van der Waals surface area contributed by atoms with E-state index in [1.54, 1.807) is 11.8 Å². The van der Waals surface area contributed by atoms with Crippen LogP contribution in [0.15, 0.2) is 106 Å². The van der Waals surface area contributed by atoms with Gasteiger partial charge in [-0.1, -0.05) is 72.4 Å². The van der Waals surface area contributed by atoms with Gasteiger partial charge >= 0.3 is 0 Å². The zero-order chi connectivity index (χ0) is 23.9. The van der Waals surface area contributed by atoms with Gasteiger partial charge in [0.05, 0.1) is 17.4 Å². The van der Waals surface area contributed by atoms with Crippen molar-refractivity contribution in [2.24, 2.45) is 4.99 Å². The third kappa shape index (κ3) is 3.75. The molecule has 0 spiro atoms. The Morgan fingerprint density at radius 2 is 1.64 bits per heavy atom. The molecular weight excluding hydrogens is 464 g/mol. The molecule has 1 atom stereocenters. The molecule has 0 bridgehead atoms. The average molecular weight is 491 g/mol. The second-order valence-corrected chi connectivity index (χ2v) is 10.2. The van der Waals surface area contributed by atoms with Gasteiger partial charge in [-0.25, -0.2) is 4.99 Å². The van der Waals surface area contributed by atoms with Crippen LogP contribution in [0.4, 0.5) is 0 Å². The zero-order valence-electron chi connectivity index (χ0n) is 19.9. The molecule has 0 N–H and O–H groups in total. The zero-order valence-corrected chi connectivity index (χ0v) is 20.7. The summed E-state index contributed by atoms with van der Waals surface area (Å²) in [6, 6.07) is 27.9. The van der Waals surface area contributed by atoms with Gasteiger partial charge in [0, 0.05) is 11.0 Å². The third-order valence-electron chi connectivity index (χ3n) is 7.13. The second kappa shape index (κ2) is 9.07. The minimum absolute atomic E-state index is 0.114. The van der Waals surface area contributed by atoms with Gasteiger partial charge in [-0.05, 0) is 65.8 Å². The quantitative estimate of drug-likeness (QED) is 0.382. The molecule has 0 saturated carbocycles. The Morgan fingerprint density at radius 3 is 2.47 bits per heavy atom. The van der Waals surface area contributed by atoms with E-state index in [0.717, 1.165) is 47.2 Å². The molecule has 4 aliphatic rings. The standard InChI is InChI=1S/C31H26N2O2S/c1-3-8-21(9-4-1)18-24-12-7-13-25-29(24)32-31-33(30(25)22-10-5-2-6-11-22)26(20-36-31)23-14-15-27-28(19-23)35-17-16-34-27/h1-6,8-11,14-15,18-20,30H,7,12-13,16-17H2/b24-18+. The lowest BCUT2D eigenvalue weighted by atomic mass is 9.83. The SMILES string of the molecule is C1=C(c2ccc3c(c2)OCCO3)N2C(=NC3=C(CCC/C3=C\c3ccccc3)C2c2ccccc2)S1. The van der Waals surface area contributed by atoms with Gasteiger partial charge in [-0.3, -0.25) is 0 Å².